The molecule has 1 amide bonds. The summed E-state index contributed by atoms with van der Waals surface area (Å²) in [5.41, 5.74) is 1.35. The van der Waals surface area contributed by atoms with Crippen LogP contribution in [-0.4, -0.2) is 47.7 Å². The quantitative estimate of drug-likeness (QED) is 0.646. The minimum absolute atomic E-state index is 0.0879. The number of amides is 1. The van der Waals surface area contributed by atoms with Crippen molar-refractivity contribution in [3.8, 4) is 11.5 Å². The number of carbonyl (C=O) groups excluding carboxylic acids is 2. The molecule has 0 N–H and O–H groups in total. The molecule has 2 aliphatic rings. The van der Waals surface area contributed by atoms with Crippen LogP contribution in [0.2, 0.25) is 0 Å². The summed E-state index contributed by atoms with van der Waals surface area (Å²) in [6, 6.07) is 12.0. The molecule has 0 radical (unpaired) electrons. The van der Waals surface area contributed by atoms with Crippen LogP contribution in [0.4, 0.5) is 0 Å². The number of hydrogen-bond donors (Lipinski definition) is 0. The van der Waals surface area contributed by atoms with E-state index in [1.165, 1.54) is 0 Å². The second-order valence-corrected chi connectivity index (χ2v) is 8.21. The smallest absolute Gasteiger partial charge is 0.330 e. The van der Waals surface area contributed by atoms with Crippen LogP contribution in [0.15, 0.2) is 46.9 Å². The molecule has 1 atom stereocenters. The van der Waals surface area contributed by atoms with E-state index in [1.54, 1.807) is 28.8 Å². The zero-order valence-corrected chi connectivity index (χ0v) is 17.3. The summed E-state index contributed by atoms with van der Waals surface area (Å²) in [4.78, 5) is 27.0. The Morgan fingerprint density at radius 2 is 1.86 bits per heavy atom. The lowest BCUT2D eigenvalue weighted by atomic mass is 10.2. The van der Waals surface area contributed by atoms with E-state index in [2.05, 4.69) is 15.9 Å². The lowest BCUT2D eigenvalue weighted by Gasteiger charge is -2.23. The standard InChI is InChI=1S/C20H18BrNO5S/c21-15-9-18-17(25-6-7-26-18)8-14(15)10-27-20(24)16-11-28-12-22(16)19(23)13-4-2-1-3-5-13/h1-5,8-9,16H,6-7,10-12H2/t16-/m0/s1. The van der Waals surface area contributed by atoms with Gasteiger partial charge in [-0.1, -0.05) is 34.1 Å². The summed E-state index contributed by atoms with van der Waals surface area (Å²) >= 11 is 5.02. The fourth-order valence-electron chi connectivity index (χ4n) is 3.05. The second-order valence-electron chi connectivity index (χ2n) is 6.35. The van der Waals surface area contributed by atoms with E-state index >= 15 is 0 Å². The number of thioether (sulfide) groups is 1. The van der Waals surface area contributed by atoms with Crippen LogP contribution in [0, 0.1) is 0 Å². The maximum atomic E-state index is 12.7. The first-order chi connectivity index (χ1) is 13.6. The average Bonchev–Trinajstić information content (AvgIpc) is 3.22. The van der Waals surface area contributed by atoms with Crippen molar-refractivity contribution in [3.05, 3.63) is 58.1 Å². The molecule has 6 nitrogen and oxygen atoms in total. The Bertz CT molecular complexity index is 892. The van der Waals surface area contributed by atoms with Gasteiger partial charge < -0.3 is 19.1 Å². The third-order valence-corrected chi connectivity index (χ3v) is 6.27. The van der Waals surface area contributed by atoms with Gasteiger partial charge >= 0.3 is 5.97 Å². The molecule has 1 saturated heterocycles. The third kappa shape index (κ3) is 3.98. The average molecular weight is 464 g/mol. The molecule has 0 unspecified atom stereocenters. The molecule has 0 aliphatic carbocycles. The van der Waals surface area contributed by atoms with Crippen molar-refractivity contribution in [2.45, 2.75) is 12.6 Å². The number of fused-ring (bicyclic) bond motifs is 1. The molecule has 2 aromatic carbocycles. The van der Waals surface area contributed by atoms with Gasteiger partial charge in [-0.05, 0) is 24.3 Å². The number of carbonyl (C=O) groups is 2. The predicted octanol–water partition coefficient (Wildman–Crippen LogP) is 3.48. The highest BCUT2D eigenvalue weighted by Gasteiger charge is 2.36. The van der Waals surface area contributed by atoms with Crippen molar-refractivity contribution in [1.29, 1.82) is 0 Å². The summed E-state index contributed by atoms with van der Waals surface area (Å²) in [5, 5.41) is 0. The first-order valence-corrected chi connectivity index (χ1v) is 10.8. The van der Waals surface area contributed by atoms with Crippen LogP contribution in [0.3, 0.4) is 0 Å². The Balaban J connectivity index is 1.43. The summed E-state index contributed by atoms with van der Waals surface area (Å²) < 4.78 is 17.4. The van der Waals surface area contributed by atoms with E-state index < -0.39 is 12.0 Å². The molecule has 2 aliphatic heterocycles. The first kappa shape index (κ1) is 19.1. The van der Waals surface area contributed by atoms with Crippen molar-refractivity contribution < 1.29 is 23.8 Å². The van der Waals surface area contributed by atoms with Crippen LogP contribution >= 0.6 is 27.7 Å². The molecule has 0 bridgehead atoms. The van der Waals surface area contributed by atoms with Gasteiger partial charge in [0, 0.05) is 21.4 Å². The highest BCUT2D eigenvalue weighted by molar-refractivity contribution is 9.10. The number of halogens is 1. The van der Waals surface area contributed by atoms with Crippen LogP contribution in [0.5, 0.6) is 11.5 Å². The Labute approximate surface area is 175 Å². The maximum Gasteiger partial charge on any atom is 0.330 e. The van der Waals surface area contributed by atoms with Gasteiger partial charge in [-0.25, -0.2) is 4.79 Å². The van der Waals surface area contributed by atoms with Gasteiger partial charge in [0.1, 0.15) is 25.9 Å². The van der Waals surface area contributed by atoms with Gasteiger partial charge in [0.2, 0.25) is 0 Å². The molecule has 2 aromatic rings. The zero-order valence-electron chi connectivity index (χ0n) is 14.9. The number of hydrogen-bond acceptors (Lipinski definition) is 6. The predicted molar refractivity (Wildman–Crippen MR) is 109 cm³/mol. The molecule has 28 heavy (non-hydrogen) atoms. The van der Waals surface area contributed by atoms with Crippen LogP contribution < -0.4 is 9.47 Å². The molecule has 0 saturated carbocycles. The van der Waals surface area contributed by atoms with Gasteiger partial charge in [0.15, 0.2) is 11.5 Å². The van der Waals surface area contributed by atoms with E-state index in [4.69, 9.17) is 14.2 Å². The molecule has 146 valence electrons. The normalized spacial score (nSPS) is 18.0. The van der Waals surface area contributed by atoms with E-state index in [9.17, 15) is 9.59 Å². The number of ether oxygens (including phenoxy) is 3. The molecular formula is C20H18BrNO5S. The van der Waals surface area contributed by atoms with Gasteiger partial charge in [-0.3, -0.25) is 4.79 Å². The molecule has 0 spiro atoms. The number of nitrogens with zero attached hydrogens (tertiary/aromatic N) is 1. The molecular weight excluding hydrogens is 446 g/mol. The lowest BCUT2D eigenvalue weighted by molar-refractivity contribution is -0.149. The van der Waals surface area contributed by atoms with Crippen LogP contribution in [0.25, 0.3) is 0 Å². The fourth-order valence-corrected chi connectivity index (χ4v) is 4.62. The minimum atomic E-state index is -0.589. The largest absolute Gasteiger partial charge is 0.486 e. The van der Waals surface area contributed by atoms with Gasteiger partial charge in [0.05, 0.1) is 5.88 Å². The summed E-state index contributed by atoms with van der Waals surface area (Å²) in [5.74, 6) is 1.74. The Kier molecular flexibility index (Phi) is 5.77. The van der Waals surface area contributed by atoms with Crippen molar-refractivity contribution in [3.63, 3.8) is 0 Å². The first-order valence-electron chi connectivity index (χ1n) is 8.82. The highest BCUT2D eigenvalue weighted by Crippen LogP contribution is 2.36. The topological polar surface area (TPSA) is 65.1 Å². The Morgan fingerprint density at radius 3 is 2.61 bits per heavy atom. The summed E-state index contributed by atoms with van der Waals surface area (Å²) in [6.45, 7) is 1.09. The van der Waals surface area contributed by atoms with Gasteiger partial charge in [-0.15, -0.1) is 11.8 Å². The molecule has 8 heteroatoms. The van der Waals surface area contributed by atoms with Gasteiger partial charge in [0.25, 0.3) is 5.91 Å². The van der Waals surface area contributed by atoms with Crippen LogP contribution in [0.1, 0.15) is 15.9 Å². The van der Waals surface area contributed by atoms with E-state index in [0.717, 1.165) is 10.0 Å². The zero-order chi connectivity index (χ0) is 19.5. The summed E-state index contributed by atoms with van der Waals surface area (Å²) in [6.07, 6.45) is 0. The van der Waals surface area contributed by atoms with E-state index in [0.29, 0.717) is 41.9 Å². The van der Waals surface area contributed by atoms with Crippen LogP contribution in [-0.2, 0) is 16.1 Å². The summed E-state index contributed by atoms with van der Waals surface area (Å²) in [7, 11) is 0. The lowest BCUT2D eigenvalue weighted by Crippen LogP contribution is -2.42. The number of esters is 1. The minimum Gasteiger partial charge on any atom is -0.486 e. The Morgan fingerprint density at radius 1 is 1.14 bits per heavy atom. The SMILES string of the molecule is O=C(OCc1cc2c(cc1Br)OCCO2)[C@@H]1CSCN1C(=O)c1ccccc1. The van der Waals surface area contributed by atoms with E-state index in [1.807, 2.05) is 30.3 Å². The van der Waals surface area contributed by atoms with E-state index in [-0.39, 0.29) is 12.5 Å². The van der Waals surface area contributed by atoms with Crippen molar-refractivity contribution in [2.24, 2.45) is 0 Å². The van der Waals surface area contributed by atoms with Gasteiger partial charge in [-0.2, -0.15) is 0 Å². The maximum absolute atomic E-state index is 12.7. The molecule has 0 aromatic heterocycles. The van der Waals surface area contributed by atoms with Crippen molar-refractivity contribution in [2.75, 3.05) is 24.8 Å². The fraction of sp³-hybridized carbons (Fsp3) is 0.300. The second kappa shape index (κ2) is 8.45. The molecule has 2 heterocycles. The molecule has 1 fully saturated rings. The number of rotatable bonds is 4. The molecule has 4 rings (SSSR count). The number of benzene rings is 2. The third-order valence-electron chi connectivity index (χ3n) is 4.52. The Hall–Kier alpha value is -2.19. The highest BCUT2D eigenvalue weighted by atomic mass is 79.9. The van der Waals surface area contributed by atoms with Crippen molar-refractivity contribution >= 4 is 39.6 Å². The van der Waals surface area contributed by atoms with Crippen molar-refractivity contribution in [1.82, 2.24) is 4.90 Å². The monoisotopic (exact) mass is 463 g/mol.